The minimum absolute atomic E-state index is 0.0264. The molecule has 1 atom stereocenters. The van der Waals surface area contributed by atoms with E-state index in [4.69, 9.17) is 0 Å². The van der Waals surface area contributed by atoms with E-state index in [-0.39, 0.29) is 11.9 Å². The molecule has 3 heterocycles. The van der Waals surface area contributed by atoms with Crippen molar-refractivity contribution in [2.75, 3.05) is 13.1 Å². The largest absolute Gasteiger partial charge is 0.334 e. The quantitative estimate of drug-likeness (QED) is 0.901. The third-order valence-corrected chi connectivity index (χ3v) is 4.72. The summed E-state index contributed by atoms with van der Waals surface area (Å²) in [4.78, 5) is 23.0. The zero-order valence-corrected chi connectivity index (χ0v) is 13.6. The normalized spacial score (nSPS) is 20.8. The van der Waals surface area contributed by atoms with E-state index in [9.17, 15) is 4.79 Å². The minimum Gasteiger partial charge on any atom is -0.334 e. The van der Waals surface area contributed by atoms with Crippen LogP contribution in [0.5, 0.6) is 0 Å². The van der Waals surface area contributed by atoms with Crippen molar-refractivity contribution in [1.29, 1.82) is 0 Å². The first-order valence-corrected chi connectivity index (χ1v) is 8.63. The Balaban J connectivity index is 1.34. The van der Waals surface area contributed by atoms with E-state index in [0.717, 1.165) is 36.6 Å². The lowest BCUT2D eigenvalue weighted by Crippen LogP contribution is -2.44. The molecule has 4 rings (SSSR count). The molecular formula is C17H22N6O. The number of likely N-dealkylation sites (tertiary alicyclic amines) is 1. The lowest BCUT2D eigenvalue weighted by molar-refractivity contribution is 0.178. The number of carbonyl (C=O) groups excluding carboxylic acids is 1. The Morgan fingerprint density at radius 1 is 1.33 bits per heavy atom. The van der Waals surface area contributed by atoms with E-state index in [2.05, 4.69) is 25.5 Å². The number of rotatable bonds is 4. The summed E-state index contributed by atoms with van der Waals surface area (Å²) in [6.07, 6.45) is 7.94. The second kappa shape index (κ2) is 6.59. The molecular weight excluding hydrogens is 304 g/mol. The maximum absolute atomic E-state index is 12.4. The highest BCUT2D eigenvalue weighted by atomic mass is 16.2. The predicted octanol–water partition coefficient (Wildman–Crippen LogP) is 2.17. The lowest BCUT2D eigenvalue weighted by Gasteiger charge is -2.31. The lowest BCUT2D eigenvalue weighted by atomic mass is 9.97. The van der Waals surface area contributed by atoms with Gasteiger partial charge in [0.25, 0.3) is 0 Å². The van der Waals surface area contributed by atoms with Crippen LogP contribution in [0.25, 0.3) is 0 Å². The first-order valence-electron chi connectivity index (χ1n) is 8.63. The van der Waals surface area contributed by atoms with Crippen molar-refractivity contribution >= 4 is 6.03 Å². The van der Waals surface area contributed by atoms with Crippen molar-refractivity contribution in [3.63, 3.8) is 0 Å². The third-order valence-electron chi connectivity index (χ3n) is 4.72. The number of aromatic nitrogens is 4. The molecule has 0 aromatic carbocycles. The maximum atomic E-state index is 12.4. The Labute approximate surface area is 140 Å². The van der Waals surface area contributed by atoms with Gasteiger partial charge in [-0.3, -0.25) is 10.1 Å². The Morgan fingerprint density at radius 3 is 3.04 bits per heavy atom. The van der Waals surface area contributed by atoms with Crippen molar-refractivity contribution in [2.45, 2.75) is 44.1 Å². The predicted molar refractivity (Wildman–Crippen MR) is 88.4 cm³/mol. The molecule has 7 nitrogen and oxygen atoms in total. The fraction of sp³-hybridized carbons (Fsp3) is 0.529. The van der Waals surface area contributed by atoms with Crippen LogP contribution in [0.1, 0.15) is 54.7 Å². The van der Waals surface area contributed by atoms with E-state index in [0.29, 0.717) is 19.0 Å². The summed E-state index contributed by atoms with van der Waals surface area (Å²) in [5, 5.41) is 10.4. The summed E-state index contributed by atoms with van der Waals surface area (Å²) in [5.41, 5.74) is 1.00. The van der Waals surface area contributed by atoms with Gasteiger partial charge in [-0.1, -0.05) is 6.07 Å². The molecule has 2 aromatic rings. The third kappa shape index (κ3) is 3.39. The molecule has 1 saturated carbocycles. The van der Waals surface area contributed by atoms with Crippen LogP contribution in [0, 0.1) is 0 Å². The molecule has 0 radical (unpaired) electrons. The van der Waals surface area contributed by atoms with Crippen LogP contribution in [0.15, 0.2) is 24.5 Å². The van der Waals surface area contributed by atoms with Crippen LogP contribution in [0.4, 0.5) is 4.79 Å². The Hall–Kier alpha value is -2.44. The standard InChI is InChI=1S/C17H22N6O/c24-17(19-10-12-3-1-7-18-9-12)23-8-2-4-14(11-23)16-20-15(21-22-16)13-5-6-13/h1,3,7,9,13-14H,2,4-6,8,10-11H2,(H,19,24)(H,20,21,22)/t14-/m1/s1. The number of aromatic amines is 1. The SMILES string of the molecule is O=C(NCc1cccnc1)N1CCC[C@@H](c2n[nH]c(C3CC3)n2)C1. The molecule has 1 aliphatic heterocycles. The summed E-state index contributed by atoms with van der Waals surface area (Å²) >= 11 is 0. The molecule has 126 valence electrons. The summed E-state index contributed by atoms with van der Waals surface area (Å²) in [5.74, 6) is 2.69. The van der Waals surface area contributed by atoms with E-state index in [1.165, 1.54) is 12.8 Å². The number of piperidine rings is 1. The molecule has 2 aromatic heterocycles. The van der Waals surface area contributed by atoms with Gasteiger partial charge >= 0.3 is 6.03 Å². The molecule has 7 heteroatoms. The van der Waals surface area contributed by atoms with Crippen molar-refractivity contribution in [3.05, 3.63) is 41.7 Å². The molecule has 2 aliphatic rings. The zero-order valence-electron chi connectivity index (χ0n) is 13.6. The first-order chi connectivity index (χ1) is 11.8. The molecule has 0 bridgehead atoms. The molecule has 2 amide bonds. The summed E-state index contributed by atoms with van der Waals surface area (Å²) in [7, 11) is 0. The highest BCUT2D eigenvalue weighted by Gasteiger charge is 2.31. The Kier molecular flexibility index (Phi) is 4.15. The number of hydrogen-bond donors (Lipinski definition) is 2. The smallest absolute Gasteiger partial charge is 0.317 e. The van der Waals surface area contributed by atoms with Crippen LogP contribution in [-0.2, 0) is 6.54 Å². The van der Waals surface area contributed by atoms with Crippen LogP contribution >= 0.6 is 0 Å². The van der Waals surface area contributed by atoms with Crippen molar-refractivity contribution in [3.8, 4) is 0 Å². The van der Waals surface area contributed by atoms with Gasteiger partial charge in [0.15, 0.2) is 5.82 Å². The van der Waals surface area contributed by atoms with Crippen LogP contribution in [0.3, 0.4) is 0 Å². The fourth-order valence-electron chi connectivity index (χ4n) is 3.17. The number of H-pyrrole nitrogens is 1. The topological polar surface area (TPSA) is 86.8 Å². The van der Waals surface area contributed by atoms with E-state index >= 15 is 0 Å². The highest BCUT2D eigenvalue weighted by molar-refractivity contribution is 5.74. The van der Waals surface area contributed by atoms with Crippen molar-refractivity contribution in [2.24, 2.45) is 0 Å². The summed E-state index contributed by atoms with van der Waals surface area (Å²) in [6, 6.07) is 3.81. The van der Waals surface area contributed by atoms with E-state index in [1.54, 1.807) is 12.4 Å². The number of carbonyl (C=O) groups is 1. The average molecular weight is 326 g/mol. The summed E-state index contributed by atoms with van der Waals surface area (Å²) < 4.78 is 0. The van der Waals surface area contributed by atoms with Gasteiger partial charge in [0.2, 0.25) is 0 Å². The highest BCUT2D eigenvalue weighted by Crippen LogP contribution is 2.38. The number of nitrogens with zero attached hydrogens (tertiary/aromatic N) is 4. The van der Waals surface area contributed by atoms with Crippen LogP contribution < -0.4 is 5.32 Å². The molecule has 1 aliphatic carbocycles. The second-order valence-electron chi connectivity index (χ2n) is 6.66. The maximum Gasteiger partial charge on any atom is 0.317 e. The molecule has 2 fully saturated rings. The minimum atomic E-state index is -0.0264. The second-order valence-corrected chi connectivity index (χ2v) is 6.66. The van der Waals surface area contributed by atoms with E-state index in [1.807, 2.05) is 17.0 Å². The molecule has 1 saturated heterocycles. The van der Waals surface area contributed by atoms with Crippen LogP contribution in [0.2, 0.25) is 0 Å². The fourth-order valence-corrected chi connectivity index (χ4v) is 3.17. The van der Waals surface area contributed by atoms with Gasteiger partial charge in [-0.05, 0) is 37.3 Å². The van der Waals surface area contributed by atoms with Crippen molar-refractivity contribution < 1.29 is 4.79 Å². The van der Waals surface area contributed by atoms with Gasteiger partial charge < -0.3 is 10.2 Å². The summed E-state index contributed by atoms with van der Waals surface area (Å²) in [6.45, 7) is 1.97. The molecule has 0 spiro atoms. The number of nitrogens with one attached hydrogen (secondary N) is 2. The van der Waals surface area contributed by atoms with Gasteiger partial charge in [0.05, 0.1) is 0 Å². The number of urea groups is 1. The monoisotopic (exact) mass is 326 g/mol. The first kappa shape index (κ1) is 15.1. The Morgan fingerprint density at radius 2 is 2.25 bits per heavy atom. The van der Waals surface area contributed by atoms with Gasteiger partial charge in [0, 0.05) is 43.9 Å². The Bertz CT molecular complexity index is 696. The van der Waals surface area contributed by atoms with Gasteiger partial charge in [-0.25, -0.2) is 9.78 Å². The van der Waals surface area contributed by atoms with Gasteiger partial charge in [0.1, 0.15) is 5.82 Å². The molecule has 24 heavy (non-hydrogen) atoms. The molecule has 0 unspecified atom stereocenters. The van der Waals surface area contributed by atoms with Gasteiger partial charge in [-0.2, -0.15) is 5.10 Å². The molecule has 2 N–H and O–H groups in total. The number of amides is 2. The number of hydrogen-bond acceptors (Lipinski definition) is 4. The van der Waals surface area contributed by atoms with E-state index < -0.39 is 0 Å². The zero-order chi connectivity index (χ0) is 16.4. The number of pyridine rings is 1. The average Bonchev–Trinajstić information content (AvgIpc) is 3.37. The van der Waals surface area contributed by atoms with Crippen LogP contribution in [-0.4, -0.2) is 44.2 Å². The van der Waals surface area contributed by atoms with Gasteiger partial charge in [-0.15, -0.1) is 0 Å². The van der Waals surface area contributed by atoms with Crippen molar-refractivity contribution in [1.82, 2.24) is 30.4 Å².